The molecule has 0 radical (unpaired) electrons. The van der Waals surface area contributed by atoms with Crippen LogP contribution in [0.2, 0.25) is 0 Å². The summed E-state index contributed by atoms with van der Waals surface area (Å²) in [6.07, 6.45) is 1.96. The largest absolute Gasteiger partial charge is 0.393 e. The van der Waals surface area contributed by atoms with E-state index in [1.807, 2.05) is 39.1 Å². The minimum Gasteiger partial charge on any atom is -0.393 e. The van der Waals surface area contributed by atoms with Crippen molar-refractivity contribution in [3.8, 4) is 0 Å². The number of benzene rings is 1. The molecule has 0 amide bonds. The molecule has 0 atom stereocenters. The van der Waals surface area contributed by atoms with Gasteiger partial charge in [-0.25, -0.2) is 4.99 Å². The Hall–Kier alpha value is -1.84. The fourth-order valence-corrected chi connectivity index (χ4v) is 1.81. The Bertz CT molecular complexity index is 533. The molecule has 0 aliphatic carbocycles. The van der Waals surface area contributed by atoms with Crippen LogP contribution in [-0.4, -0.2) is 36.6 Å². The van der Waals surface area contributed by atoms with Crippen molar-refractivity contribution < 1.29 is 4.84 Å². The van der Waals surface area contributed by atoms with E-state index in [2.05, 4.69) is 43.1 Å². The van der Waals surface area contributed by atoms with E-state index in [0.717, 1.165) is 34.6 Å². The molecule has 4 nitrogen and oxygen atoms in total. The van der Waals surface area contributed by atoms with E-state index in [9.17, 15) is 0 Å². The topological polar surface area (TPSA) is 37.2 Å². The fourth-order valence-electron chi connectivity index (χ4n) is 1.81. The molecule has 0 fully saturated rings. The maximum absolute atomic E-state index is 5.33. The van der Waals surface area contributed by atoms with Gasteiger partial charge in [0.15, 0.2) is 0 Å². The molecule has 0 bridgehead atoms. The lowest BCUT2D eigenvalue weighted by molar-refractivity contribution is 0.0860. The third-order valence-electron chi connectivity index (χ3n) is 3.23. The van der Waals surface area contributed by atoms with Gasteiger partial charge in [-0.1, -0.05) is 5.16 Å². The molecule has 0 aromatic heterocycles. The van der Waals surface area contributed by atoms with Crippen molar-refractivity contribution in [3.05, 3.63) is 28.8 Å². The second-order valence-corrected chi connectivity index (χ2v) is 5.60. The van der Waals surface area contributed by atoms with Crippen LogP contribution in [0.15, 0.2) is 22.3 Å². The molecule has 21 heavy (non-hydrogen) atoms. The first kappa shape index (κ1) is 17.2. The van der Waals surface area contributed by atoms with Crippen LogP contribution < -0.4 is 0 Å². The molecule has 0 aliphatic rings. The van der Waals surface area contributed by atoms with Crippen LogP contribution in [0.25, 0.3) is 0 Å². The first-order valence-electron chi connectivity index (χ1n) is 7.41. The van der Waals surface area contributed by atoms with Crippen molar-refractivity contribution in [2.24, 2.45) is 10.1 Å². The van der Waals surface area contributed by atoms with Crippen LogP contribution in [-0.2, 0) is 4.84 Å². The monoisotopic (exact) mass is 289 g/mol. The predicted octanol–water partition coefficient (Wildman–Crippen LogP) is 4.06. The minimum absolute atomic E-state index is 0.0924. The molecule has 1 aromatic carbocycles. The lowest BCUT2D eigenvalue weighted by Crippen LogP contribution is -2.14. The van der Waals surface area contributed by atoms with Crippen molar-refractivity contribution in [2.75, 3.05) is 13.6 Å². The number of aryl methyl sites for hydroxylation is 2. The highest BCUT2D eigenvalue weighted by Crippen LogP contribution is 2.23. The van der Waals surface area contributed by atoms with Gasteiger partial charge in [-0.05, 0) is 64.8 Å². The van der Waals surface area contributed by atoms with Crippen LogP contribution in [0.1, 0.15) is 44.4 Å². The van der Waals surface area contributed by atoms with Gasteiger partial charge in [-0.2, -0.15) is 0 Å². The second kappa shape index (κ2) is 7.81. The van der Waals surface area contributed by atoms with Crippen molar-refractivity contribution in [1.82, 2.24) is 4.90 Å². The Morgan fingerprint density at radius 3 is 2.52 bits per heavy atom. The van der Waals surface area contributed by atoms with Gasteiger partial charge in [0, 0.05) is 19.2 Å². The molecule has 1 rings (SSSR count). The molecule has 0 spiro atoms. The standard InChI is InChI=1S/C17H27N3O/c1-8-20(7)11-18-17-10-13(4)16(9-14(17)5)15(6)19-21-12(2)3/h9-12H,8H2,1-7H3/b18-11?,19-15+. The molecule has 0 aliphatic heterocycles. The number of hydrogen-bond acceptors (Lipinski definition) is 3. The highest BCUT2D eigenvalue weighted by molar-refractivity contribution is 6.00. The van der Waals surface area contributed by atoms with Gasteiger partial charge in [-0.3, -0.25) is 0 Å². The summed E-state index contributed by atoms with van der Waals surface area (Å²) in [5.41, 5.74) is 5.28. The van der Waals surface area contributed by atoms with Crippen molar-refractivity contribution >= 4 is 17.7 Å². The molecule has 1 aromatic rings. The number of rotatable bonds is 6. The molecular formula is C17H27N3O. The van der Waals surface area contributed by atoms with Gasteiger partial charge in [0.25, 0.3) is 0 Å². The molecular weight excluding hydrogens is 262 g/mol. The third-order valence-corrected chi connectivity index (χ3v) is 3.23. The summed E-state index contributed by atoms with van der Waals surface area (Å²) in [5.74, 6) is 0. The Morgan fingerprint density at radius 2 is 1.95 bits per heavy atom. The van der Waals surface area contributed by atoms with Gasteiger partial charge in [0.2, 0.25) is 0 Å². The van der Waals surface area contributed by atoms with Crippen LogP contribution in [0.4, 0.5) is 5.69 Å². The summed E-state index contributed by atoms with van der Waals surface area (Å²) < 4.78 is 0. The third kappa shape index (κ3) is 5.21. The van der Waals surface area contributed by atoms with E-state index in [1.54, 1.807) is 0 Å². The Morgan fingerprint density at radius 1 is 1.29 bits per heavy atom. The first-order chi connectivity index (χ1) is 9.85. The molecule has 116 valence electrons. The molecule has 0 saturated heterocycles. The molecule has 0 heterocycles. The number of aliphatic imine (C=N–C) groups is 1. The SMILES string of the molecule is CCN(C)C=Nc1cc(C)c(/C(C)=N/OC(C)C)cc1C. The zero-order chi connectivity index (χ0) is 16.0. The van der Waals surface area contributed by atoms with E-state index in [1.165, 1.54) is 0 Å². The number of oxime groups is 1. The zero-order valence-corrected chi connectivity index (χ0v) is 14.3. The summed E-state index contributed by atoms with van der Waals surface area (Å²) in [6.45, 7) is 13.1. The van der Waals surface area contributed by atoms with Gasteiger partial charge in [-0.15, -0.1) is 0 Å². The summed E-state index contributed by atoms with van der Waals surface area (Å²) in [7, 11) is 2.01. The van der Waals surface area contributed by atoms with E-state index in [-0.39, 0.29) is 6.10 Å². The maximum Gasteiger partial charge on any atom is 0.122 e. The van der Waals surface area contributed by atoms with Gasteiger partial charge in [0.05, 0.1) is 17.7 Å². The Balaban J connectivity index is 3.04. The van der Waals surface area contributed by atoms with Crippen molar-refractivity contribution in [2.45, 2.75) is 47.6 Å². The van der Waals surface area contributed by atoms with Gasteiger partial charge in [0.1, 0.15) is 6.10 Å². The van der Waals surface area contributed by atoms with Gasteiger partial charge >= 0.3 is 0 Å². The lowest BCUT2D eigenvalue weighted by atomic mass is 10.0. The quantitative estimate of drug-likeness (QED) is 0.450. The van der Waals surface area contributed by atoms with E-state index < -0.39 is 0 Å². The van der Waals surface area contributed by atoms with Crippen LogP contribution in [0, 0.1) is 13.8 Å². The summed E-state index contributed by atoms with van der Waals surface area (Å²) >= 11 is 0. The van der Waals surface area contributed by atoms with Crippen LogP contribution >= 0.6 is 0 Å². The maximum atomic E-state index is 5.33. The molecule has 4 heteroatoms. The van der Waals surface area contributed by atoms with Crippen LogP contribution in [0.5, 0.6) is 0 Å². The number of hydrogen-bond donors (Lipinski definition) is 0. The smallest absolute Gasteiger partial charge is 0.122 e. The molecule has 0 unspecified atom stereocenters. The molecule has 0 N–H and O–H groups in total. The predicted molar refractivity (Wildman–Crippen MR) is 90.8 cm³/mol. The summed E-state index contributed by atoms with van der Waals surface area (Å²) in [6, 6.07) is 4.22. The van der Waals surface area contributed by atoms with Crippen LogP contribution in [0.3, 0.4) is 0 Å². The molecule has 0 saturated carbocycles. The lowest BCUT2D eigenvalue weighted by Gasteiger charge is -2.12. The second-order valence-electron chi connectivity index (χ2n) is 5.60. The summed E-state index contributed by atoms with van der Waals surface area (Å²) in [5, 5.41) is 4.18. The fraction of sp³-hybridized carbons (Fsp3) is 0.529. The average Bonchev–Trinajstić information content (AvgIpc) is 2.44. The Kier molecular flexibility index (Phi) is 6.40. The number of nitrogens with zero attached hydrogens (tertiary/aromatic N) is 3. The minimum atomic E-state index is 0.0924. The van der Waals surface area contributed by atoms with E-state index in [0.29, 0.717) is 0 Å². The Labute approximate surface area is 128 Å². The van der Waals surface area contributed by atoms with E-state index in [4.69, 9.17) is 4.84 Å². The zero-order valence-electron chi connectivity index (χ0n) is 14.3. The average molecular weight is 289 g/mol. The van der Waals surface area contributed by atoms with E-state index >= 15 is 0 Å². The first-order valence-corrected chi connectivity index (χ1v) is 7.41. The van der Waals surface area contributed by atoms with Crippen molar-refractivity contribution in [1.29, 1.82) is 0 Å². The van der Waals surface area contributed by atoms with Crippen molar-refractivity contribution in [3.63, 3.8) is 0 Å². The highest BCUT2D eigenvalue weighted by Gasteiger charge is 2.07. The summed E-state index contributed by atoms with van der Waals surface area (Å²) in [4.78, 5) is 11.9. The highest BCUT2D eigenvalue weighted by atomic mass is 16.6. The normalized spacial score (nSPS) is 12.3. The van der Waals surface area contributed by atoms with Gasteiger partial charge < -0.3 is 9.74 Å².